The Bertz CT molecular complexity index is 529. The van der Waals surface area contributed by atoms with Crippen molar-refractivity contribution in [1.29, 1.82) is 0 Å². The lowest BCUT2D eigenvalue weighted by molar-refractivity contribution is 0.599. The van der Waals surface area contributed by atoms with E-state index < -0.39 is 10.0 Å². The Morgan fingerprint density at radius 2 is 1.82 bits per heavy atom. The molecular formula is C13H17NO2S. The number of rotatable bonds is 2. The molecule has 92 valence electrons. The van der Waals surface area contributed by atoms with Crippen LogP contribution in [-0.2, 0) is 15.4 Å². The summed E-state index contributed by atoms with van der Waals surface area (Å²) in [6, 6.07) is 8.05. The van der Waals surface area contributed by atoms with Crippen LogP contribution in [0.2, 0.25) is 0 Å². The number of sulfonamides is 1. The van der Waals surface area contributed by atoms with Crippen LogP contribution >= 0.6 is 0 Å². The summed E-state index contributed by atoms with van der Waals surface area (Å²) in [7, 11) is -3.04. The van der Waals surface area contributed by atoms with E-state index >= 15 is 0 Å². The van der Waals surface area contributed by atoms with E-state index in [0.717, 1.165) is 12.1 Å². The molecule has 2 fully saturated rings. The molecule has 0 spiro atoms. The minimum absolute atomic E-state index is 0.284. The van der Waals surface area contributed by atoms with Gasteiger partial charge in [0, 0.05) is 6.54 Å². The van der Waals surface area contributed by atoms with Gasteiger partial charge < -0.3 is 0 Å². The third-order valence-electron chi connectivity index (χ3n) is 3.95. The molecule has 0 atom stereocenters. The van der Waals surface area contributed by atoms with Gasteiger partial charge in [0.15, 0.2) is 0 Å². The Hall–Kier alpha value is -1.03. The number of hydrogen-bond acceptors (Lipinski definition) is 2. The Morgan fingerprint density at radius 3 is 2.29 bits per heavy atom. The quantitative estimate of drug-likeness (QED) is 0.808. The molecule has 0 bridgehead atoms. The molecular weight excluding hydrogens is 234 g/mol. The van der Waals surface area contributed by atoms with Crippen molar-refractivity contribution in [2.75, 3.05) is 16.6 Å². The number of benzene rings is 1. The van der Waals surface area contributed by atoms with Crippen molar-refractivity contribution in [3.8, 4) is 0 Å². The molecule has 1 heterocycles. The summed E-state index contributed by atoms with van der Waals surface area (Å²) in [5, 5.41) is 0. The minimum Gasteiger partial charge on any atom is -0.270 e. The largest absolute Gasteiger partial charge is 0.270 e. The fraction of sp³-hybridized carbons (Fsp3) is 0.538. The zero-order valence-corrected chi connectivity index (χ0v) is 10.8. The van der Waals surface area contributed by atoms with E-state index in [1.165, 1.54) is 22.7 Å². The van der Waals surface area contributed by atoms with Crippen molar-refractivity contribution in [3.05, 3.63) is 29.8 Å². The van der Waals surface area contributed by atoms with Crippen LogP contribution in [0.5, 0.6) is 0 Å². The lowest BCUT2D eigenvalue weighted by atomic mass is 9.98. The molecule has 1 aliphatic heterocycles. The molecule has 1 aromatic rings. The van der Waals surface area contributed by atoms with Crippen LogP contribution < -0.4 is 4.31 Å². The number of nitrogens with zero attached hydrogens (tertiary/aromatic N) is 1. The summed E-state index contributed by atoms with van der Waals surface area (Å²) >= 11 is 0. The fourth-order valence-corrected chi connectivity index (χ4v) is 4.00. The van der Waals surface area contributed by atoms with Gasteiger partial charge in [0.25, 0.3) is 0 Å². The molecule has 4 heteroatoms. The topological polar surface area (TPSA) is 37.4 Å². The van der Waals surface area contributed by atoms with Crippen LogP contribution in [0.4, 0.5) is 5.69 Å². The highest BCUT2D eigenvalue weighted by atomic mass is 32.2. The first-order valence-corrected chi connectivity index (χ1v) is 7.73. The average Bonchev–Trinajstić information content (AvgIpc) is 2.94. The molecule has 0 radical (unpaired) electrons. The van der Waals surface area contributed by atoms with Gasteiger partial charge in [0.2, 0.25) is 10.0 Å². The molecule has 1 aliphatic carbocycles. The highest BCUT2D eigenvalue weighted by molar-refractivity contribution is 7.93. The number of anilines is 1. The summed E-state index contributed by atoms with van der Waals surface area (Å²) in [6.45, 7) is 2.88. The van der Waals surface area contributed by atoms with E-state index in [1.54, 1.807) is 0 Å². The van der Waals surface area contributed by atoms with Crippen molar-refractivity contribution in [3.63, 3.8) is 0 Å². The van der Waals surface area contributed by atoms with E-state index in [1.807, 2.05) is 12.1 Å². The molecule has 1 aromatic carbocycles. The zero-order chi connectivity index (χ0) is 12.1. The summed E-state index contributed by atoms with van der Waals surface area (Å²) in [4.78, 5) is 0. The van der Waals surface area contributed by atoms with Crippen molar-refractivity contribution in [2.45, 2.75) is 31.6 Å². The average molecular weight is 251 g/mol. The van der Waals surface area contributed by atoms with Gasteiger partial charge >= 0.3 is 0 Å². The molecule has 0 aromatic heterocycles. The smallest absolute Gasteiger partial charge is 0.235 e. The second-order valence-electron chi connectivity index (χ2n) is 5.35. The van der Waals surface area contributed by atoms with Gasteiger partial charge in [-0.3, -0.25) is 4.31 Å². The Labute approximate surface area is 102 Å². The second kappa shape index (κ2) is 3.48. The maximum absolute atomic E-state index is 11.8. The van der Waals surface area contributed by atoms with E-state index in [2.05, 4.69) is 19.1 Å². The van der Waals surface area contributed by atoms with Crippen molar-refractivity contribution in [1.82, 2.24) is 0 Å². The lowest BCUT2D eigenvalue weighted by Crippen LogP contribution is -2.25. The highest BCUT2D eigenvalue weighted by Crippen LogP contribution is 2.47. The first-order chi connectivity index (χ1) is 8.01. The molecule has 3 nitrogen and oxygen atoms in total. The van der Waals surface area contributed by atoms with E-state index in [9.17, 15) is 8.42 Å². The van der Waals surface area contributed by atoms with Gasteiger partial charge in [0.05, 0.1) is 11.4 Å². The van der Waals surface area contributed by atoms with Crippen molar-refractivity contribution in [2.24, 2.45) is 0 Å². The van der Waals surface area contributed by atoms with E-state index in [-0.39, 0.29) is 5.75 Å². The minimum atomic E-state index is -3.04. The van der Waals surface area contributed by atoms with Crippen LogP contribution in [0.1, 0.15) is 31.7 Å². The second-order valence-corrected chi connectivity index (χ2v) is 7.36. The van der Waals surface area contributed by atoms with Gasteiger partial charge in [-0.15, -0.1) is 0 Å². The molecule has 17 heavy (non-hydrogen) atoms. The van der Waals surface area contributed by atoms with Crippen molar-refractivity contribution < 1.29 is 8.42 Å². The summed E-state index contributed by atoms with van der Waals surface area (Å²) < 4.78 is 25.1. The Morgan fingerprint density at radius 1 is 1.18 bits per heavy atom. The fourth-order valence-electron chi connectivity index (χ4n) is 2.44. The molecule has 1 saturated heterocycles. The van der Waals surface area contributed by atoms with Gasteiger partial charge in [0.1, 0.15) is 0 Å². The molecule has 2 aliphatic rings. The van der Waals surface area contributed by atoms with Crippen LogP contribution in [0.25, 0.3) is 0 Å². The van der Waals surface area contributed by atoms with Gasteiger partial charge in [-0.2, -0.15) is 0 Å². The van der Waals surface area contributed by atoms with Crippen molar-refractivity contribution >= 4 is 15.7 Å². The Kier molecular flexibility index (Phi) is 2.27. The lowest BCUT2D eigenvalue weighted by Gasteiger charge is -2.18. The summed E-state index contributed by atoms with van der Waals surface area (Å²) in [6.07, 6.45) is 3.23. The first kappa shape index (κ1) is 11.1. The third-order valence-corrected chi connectivity index (χ3v) is 5.82. The van der Waals surface area contributed by atoms with Crippen LogP contribution in [0, 0.1) is 0 Å². The zero-order valence-electron chi connectivity index (χ0n) is 10.0. The summed E-state index contributed by atoms with van der Waals surface area (Å²) in [5.74, 6) is 0.284. The monoisotopic (exact) mass is 251 g/mol. The van der Waals surface area contributed by atoms with Gasteiger partial charge in [-0.25, -0.2) is 8.42 Å². The third kappa shape index (κ3) is 1.84. The highest BCUT2D eigenvalue weighted by Gasteiger charge is 2.39. The predicted octanol–water partition coefficient (Wildman–Crippen LogP) is 2.28. The molecule has 3 rings (SSSR count). The van der Waals surface area contributed by atoms with E-state index in [4.69, 9.17) is 0 Å². The summed E-state index contributed by atoms with van der Waals surface area (Å²) in [5.41, 5.74) is 2.50. The van der Waals surface area contributed by atoms with Gasteiger partial charge in [-0.1, -0.05) is 19.1 Å². The first-order valence-electron chi connectivity index (χ1n) is 6.12. The van der Waals surface area contributed by atoms with Crippen LogP contribution in [-0.4, -0.2) is 20.7 Å². The van der Waals surface area contributed by atoms with Crippen LogP contribution in [0.15, 0.2) is 24.3 Å². The van der Waals surface area contributed by atoms with Crippen LogP contribution in [0.3, 0.4) is 0 Å². The standard InChI is InChI=1S/C13H17NO2S/c1-13(7-8-13)11-3-5-12(6-4-11)14-9-2-10-17(14,15)16/h3-6H,2,7-10H2,1H3. The number of hydrogen-bond donors (Lipinski definition) is 0. The molecule has 0 amide bonds. The van der Waals surface area contributed by atoms with E-state index in [0.29, 0.717) is 12.0 Å². The van der Waals surface area contributed by atoms with Gasteiger partial charge in [-0.05, 0) is 42.4 Å². The predicted molar refractivity (Wildman–Crippen MR) is 68.8 cm³/mol. The molecule has 1 saturated carbocycles. The maximum Gasteiger partial charge on any atom is 0.235 e. The molecule has 0 N–H and O–H groups in total. The molecule has 0 unspecified atom stereocenters. The normalized spacial score (nSPS) is 24.9. The Balaban J connectivity index is 1.90. The maximum atomic E-state index is 11.8. The SMILES string of the molecule is CC1(c2ccc(N3CCCS3(=O)=O)cc2)CC1.